The van der Waals surface area contributed by atoms with Gasteiger partial charge in [0.15, 0.2) is 0 Å². The van der Waals surface area contributed by atoms with Crippen molar-refractivity contribution in [2.24, 2.45) is 0 Å². The molecule has 0 unspecified atom stereocenters. The van der Waals surface area contributed by atoms with Gasteiger partial charge in [-0.1, -0.05) is 12.1 Å². The highest BCUT2D eigenvalue weighted by atomic mass is 32.1. The van der Waals surface area contributed by atoms with Crippen LogP contribution in [0.15, 0.2) is 30.3 Å². The van der Waals surface area contributed by atoms with E-state index in [2.05, 4.69) is 17.1 Å². The Morgan fingerprint density at radius 1 is 1.27 bits per heavy atom. The van der Waals surface area contributed by atoms with E-state index in [0.717, 1.165) is 28.2 Å². The molecular formula is C17H16N2OS2. The van der Waals surface area contributed by atoms with E-state index in [1.807, 2.05) is 25.2 Å². The summed E-state index contributed by atoms with van der Waals surface area (Å²) in [5.41, 5.74) is 2.39. The van der Waals surface area contributed by atoms with Crippen molar-refractivity contribution in [3.05, 3.63) is 50.7 Å². The number of hydrogen-bond donors (Lipinski definition) is 0. The number of carbonyl (C=O) groups is 1. The standard InChI is InChI=1S/C17H16N2OS2/c1-19(10-16-18-12-6-2-3-7-14(12)22-16)17(20)15-9-11-5-4-8-13(11)21-15/h2-3,6-7,9H,4-5,8,10H2,1H3. The first-order chi connectivity index (χ1) is 10.7. The Morgan fingerprint density at radius 3 is 2.95 bits per heavy atom. The summed E-state index contributed by atoms with van der Waals surface area (Å²) in [4.78, 5) is 21.2. The van der Waals surface area contributed by atoms with Crippen LogP contribution in [0.25, 0.3) is 10.2 Å². The molecule has 1 aliphatic rings. The van der Waals surface area contributed by atoms with Crippen LogP contribution in [0.2, 0.25) is 0 Å². The highest BCUT2D eigenvalue weighted by molar-refractivity contribution is 7.18. The van der Waals surface area contributed by atoms with Gasteiger partial charge in [0.1, 0.15) is 5.01 Å². The number of rotatable bonds is 3. The third-order valence-corrected chi connectivity index (χ3v) is 6.26. The van der Waals surface area contributed by atoms with Crippen molar-refractivity contribution in [3.8, 4) is 0 Å². The Labute approximate surface area is 137 Å². The van der Waals surface area contributed by atoms with E-state index in [0.29, 0.717) is 6.54 Å². The van der Waals surface area contributed by atoms with Crippen LogP contribution >= 0.6 is 22.7 Å². The van der Waals surface area contributed by atoms with Crippen molar-refractivity contribution < 1.29 is 4.79 Å². The van der Waals surface area contributed by atoms with Crippen LogP contribution in [0.5, 0.6) is 0 Å². The third kappa shape index (κ3) is 2.44. The number of thiazole rings is 1. The minimum Gasteiger partial charge on any atom is -0.334 e. The first-order valence-corrected chi connectivity index (χ1v) is 9.05. The van der Waals surface area contributed by atoms with Gasteiger partial charge in [-0.3, -0.25) is 4.79 Å². The maximum Gasteiger partial charge on any atom is 0.264 e. The first kappa shape index (κ1) is 13.9. The molecule has 5 heteroatoms. The Balaban J connectivity index is 1.53. The Hall–Kier alpha value is -1.72. The average molecular weight is 328 g/mol. The van der Waals surface area contributed by atoms with Gasteiger partial charge in [-0.05, 0) is 43.0 Å². The van der Waals surface area contributed by atoms with Crippen LogP contribution in [0.4, 0.5) is 0 Å². The predicted octanol–water partition coefficient (Wildman–Crippen LogP) is 4.12. The summed E-state index contributed by atoms with van der Waals surface area (Å²) in [5.74, 6) is 0.110. The quantitative estimate of drug-likeness (QED) is 0.724. The van der Waals surface area contributed by atoms with E-state index in [1.54, 1.807) is 27.6 Å². The number of nitrogens with zero attached hydrogens (tertiary/aromatic N) is 2. The number of aromatic nitrogens is 1. The van der Waals surface area contributed by atoms with Crippen LogP contribution in [0.1, 0.15) is 31.5 Å². The molecule has 112 valence electrons. The van der Waals surface area contributed by atoms with Crippen LogP contribution in [0.3, 0.4) is 0 Å². The number of carbonyl (C=O) groups excluding carboxylic acids is 1. The molecule has 2 aromatic heterocycles. The molecule has 0 fully saturated rings. The van der Waals surface area contributed by atoms with Crippen LogP contribution in [-0.4, -0.2) is 22.8 Å². The van der Waals surface area contributed by atoms with E-state index in [1.165, 1.54) is 21.6 Å². The highest BCUT2D eigenvalue weighted by Crippen LogP contribution is 2.31. The van der Waals surface area contributed by atoms with Gasteiger partial charge in [0, 0.05) is 11.9 Å². The molecule has 0 spiro atoms. The van der Waals surface area contributed by atoms with E-state index in [4.69, 9.17) is 0 Å². The van der Waals surface area contributed by atoms with Crippen molar-refractivity contribution in [1.82, 2.24) is 9.88 Å². The molecule has 1 aromatic carbocycles. The number of aryl methyl sites for hydroxylation is 2. The van der Waals surface area contributed by atoms with Crippen molar-refractivity contribution in [2.75, 3.05) is 7.05 Å². The molecule has 0 saturated heterocycles. The Bertz CT molecular complexity index is 795. The molecule has 3 nitrogen and oxygen atoms in total. The lowest BCUT2D eigenvalue weighted by atomic mass is 10.2. The highest BCUT2D eigenvalue weighted by Gasteiger charge is 2.21. The molecule has 3 aromatic rings. The number of para-hydroxylation sites is 1. The smallest absolute Gasteiger partial charge is 0.264 e. The predicted molar refractivity (Wildman–Crippen MR) is 91.8 cm³/mol. The van der Waals surface area contributed by atoms with E-state index in [9.17, 15) is 4.79 Å². The second-order valence-corrected chi connectivity index (χ2v) is 7.90. The van der Waals surface area contributed by atoms with Crippen LogP contribution in [-0.2, 0) is 19.4 Å². The summed E-state index contributed by atoms with van der Waals surface area (Å²) in [6.45, 7) is 0.570. The second-order valence-electron chi connectivity index (χ2n) is 5.65. The fourth-order valence-electron chi connectivity index (χ4n) is 2.88. The van der Waals surface area contributed by atoms with E-state index < -0.39 is 0 Å². The molecule has 0 N–H and O–H groups in total. The molecule has 2 heterocycles. The number of fused-ring (bicyclic) bond motifs is 2. The van der Waals surface area contributed by atoms with Gasteiger partial charge in [0.25, 0.3) is 5.91 Å². The average Bonchev–Trinajstić information content (AvgIpc) is 3.19. The van der Waals surface area contributed by atoms with E-state index >= 15 is 0 Å². The van der Waals surface area contributed by atoms with Crippen LogP contribution in [0, 0.1) is 0 Å². The Kier molecular flexibility index (Phi) is 3.47. The molecule has 0 saturated carbocycles. The number of benzene rings is 1. The lowest BCUT2D eigenvalue weighted by molar-refractivity contribution is 0.0789. The third-order valence-electron chi connectivity index (χ3n) is 4.01. The van der Waals surface area contributed by atoms with Gasteiger partial charge >= 0.3 is 0 Å². The lowest BCUT2D eigenvalue weighted by Crippen LogP contribution is -2.25. The summed E-state index contributed by atoms with van der Waals surface area (Å²) >= 11 is 3.33. The number of amides is 1. The van der Waals surface area contributed by atoms with E-state index in [-0.39, 0.29) is 5.91 Å². The maximum absolute atomic E-state index is 12.6. The first-order valence-electron chi connectivity index (χ1n) is 7.42. The SMILES string of the molecule is CN(Cc1nc2ccccc2s1)C(=O)c1cc2c(s1)CCC2. The molecule has 0 bridgehead atoms. The summed E-state index contributed by atoms with van der Waals surface area (Å²) < 4.78 is 1.17. The van der Waals surface area contributed by atoms with Gasteiger partial charge in [-0.2, -0.15) is 0 Å². The maximum atomic E-state index is 12.6. The fourth-order valence-corrected chi connectivity index (χ4v) is 5.15. The summed E-state index contributed by atoms with van der Waals surface area (Å²) in [5, 5.41) is 0.987. The topological polar surface area (TPSA) is 33.2 Å². The minimum absolute atomic E-state index is 0.110. The molecule has 1 amide bonds. The molecule has 0 radical (unpaired) electrons. The zero-order valence-electron chi connectivity index (χ0n) is 12.3. The normalized spacial score (nSPS) is 13.5. The second kappa shape index (κ2) is 5.48. The zero-order chi connectivity index (χ0) is 15.1. The molecular weight excluding hydrogens is 312 g/mol. The number of hydrogen-bond acceptors (Lipinski definition) is 4. The van der Waals surface area contributed by atoms with Gasteiger partial charge in [-0.15, -0.1) is 22.7 Å². The minimum atomic E-state index is 0.110. The summed E-state index contributed by atoms with van der Waals surface area (Å²) in [6.07, 6.45) is 3.49. The van der Waals surface area contributed by atoms with Gasteiger partial charge in [0.2, 0.25) is 0 Å². The number of thiophene rings is 1. The molecule has 4 rings (SSSR count). The van der Waals surface area contributed by atoms with Gasteiger partial charge < -0.3 is 4.90 Å². The Morgan fingerprint density at radius 2 is 2.14 bits per heavy atom. The summed E-state index contributed by atoms with van der Waals surface area (Å²) in [6, 6.07) is 10.2. The molecule has 1 aliphatic carbocycles. The largest absolute Gasteiger partial charge is 0.334 e. The van der Waals surface area contributed by atoms with Crippen molar-refractivity contribution in [2.45, 2.75) is 25.8 Å². The molecule has 22 heavy (non-hydrogen) atoms. The molecule has 0 atom stereocenters. The summed E-state index contributed by atoms with van der Waals surface area (Å²) in [7, 11) is 1.86. The van der Waals surface area contributed by atoms with Gasteiger partial charge in [0.05, 0.1) is 21.6 Å². The molecule has 0 aliphatic heterocycles. The zero-order valence-corrected chi connectivity index (χ0v) is 14.0. The monoisotopic (exact) mass is 328 g/mol. The van der Waals surface area contributed by atoms with Crippen molar-refractivity contribution >= 4 is 38.8 Å². The van der Waals surface area contributed by atoms with Crippen LogP contribution < -0.4 is 0 Å². The van der Waals surface area contributed by atoms with Gasteiger partial charge in [-0.25, -0.2) is 4.98 Å². The van der Waals surface area contributed by atoms with Crippen molar-refractivity contribution in [3.63, 3.8) is 0 Å². The van der Waals surface area contributed by atoms with Crippen molar-refractivity contribution in [1.29, 1.82) is 0 Å². The lowest BCUT2D eigenvalue weighted by Gasteiger charge is -2.14. The fraction of sp³-hybridized carbons (Fsp3) is 0.294.